The van der Waals surface area contributed by atoms with E-state index in [2.05, 4.69) is 32.5 Å². The summed E-state index contributed by atoms with van der Waals surface area (Å²) in [6.45, 7) is 4.12. The SMILES string of the molecule is C=CCN(Cc1cc(Br)ccc1F)C(=O)c1ccc(-n2ccnc2)nc1. The van der Waals surface area contributed by atoms with Crippen molar-refractivity contribution in [3.8, 4) is 5.82 Å². The third kappa shape index (κ3) is 4.05. The van der Waals surface area contributed by atoms with Crippen LogP contribution in [0.2, 0.25) is 0 Å². The lowest BCUT2D eigenvalue weighted by Crippen LogP contribution is -2.31. The first-order valence-electron chi connectivity index (χ1n) is 7.87. The van der Waals surface area contributed by atoms with Crippen molar-refractivity contribution < 1.29 is 9.18 Å². The van der Waals surface area contributed by atoms with Crippen molar-refractivity contribution in [3.63, 3.8) is 0 Å². The summed E-state index contributed by atoms with van der Waals surface area (Å²) in [5.74, 6) is 0.0601. The zero-order valence-corrected chi connectivity index (χ0v) is 15.4. The molecular weight excluding hydrogens is 399 g/mol. The van der Waals surface area contributed by atoms with E-state index in [4.69, 9.17) is 0 Å². The first-order valence-corrected chi connectivity index (χ1v) is 8.66. The molecule has 7 heteroatoms. The van der Waals surface area contributed by atoms with Crippen molar-refractivity contribution in [1.82, 2.24) is 19.4 Å². The number of pyridine rings is 1. The zero-order chi connectivity index (χ0) is 18.5. The molecule has 0 radical (unpaired) electrons. The van der Waals surface area contributed by atoms with Gasteiger partial charge in [-0.3, -0.25) is 9.36 Å². The van der Waals surface area contributed by atoms with Crippen LogP contribution in [0.5, 0.6) is 0 Å². The number of rotatable bonds is 6. The van der Waals surface area contributed by atoms with E-state index in [0.717, 1.165) is 4.47 Å². The minimum atomic E-state index is -0.358. The summed E-state index contributed by atoms with van der Waals surface area (Å²) in [4.78, 5) is 22.6. The molecule has 2 aromatic heterocycles. The standard InChI is InChI=1S/C19H16BrFN4O/c1-2-8-24(12-15-10-16(20)4-5-17(15)21)19(26)14-3-6-18(23-11-14)25-9-7-22-13-25/h2-7,9-11,13H,1,8,12H2. The Bertz CT molecular complexity index is 910. The van der Waals surface area contributed by atoms with Gasteiger partial charge in [0.05, 0.1) is 5.56 Å². The molecule has 0 aliphatic heterocycles. The van der Waals surface area contributed by atoms with Crippen LogP contribution in [0.25, 0.3) is 5.82 Å². The van der Waals surface area contributed by atoms with Crippen molar-refractivity contribution in [2.45, 2.75) is 6.54 Å². The summed E-state index contributed by atoms with van der Waals surface area (Å²) >= 11 is 3.33. The summed E-state index contributed by atoms with van der Waals surface area (Å²) in [5, 5.41) is 0. The van der Waals surface area contributed by atoms with E-state index < -0.39 is 0 Å². The molecule has 5 nitrogen and oxygen atoms in total. The quantitative estimate of drug-likeness (QED) is 0.572. The molecule has 1 amide bonds. The Morgan fingerprint density at radius 2 is 2.19 bits per heavy atom. The monoisotopic (exact) mass is 414 g/mol. The number of halogens is 2. The van der Waals surface area contributed by atoms with Crippen LogP contribution >= 0.6 is 15.9 Å². The van der Waals surface area contributed by atoms with Crippen molar-refractivity contribution in [3.05, 3.63) is 89.3 Å². The van der Waals surface area contributed by atoms with Gasteiger partial charge in [0.25, 0.3) is 5.91 Å². The van der Waals surface area contributed by atoms with Gasteiger partial charge in [-0.1, -0.05) is 22.0 Å². The van der Waals surface area contributed by atoms with Crippen molar-refractivity contribution in [1.29, 1.82) is 0 Å². The topological polar surface area (TPSA) is 51.0 Å². The first kappa shape index (κ1) is 18.0. The van der Waals surface area contributed by atoms with Crippen LogP contribution in [0.4, 0.5) is 4.39 Å². The lowest BCUT2D eigenvalue weighted by atomic mass is 10.1. The molecule has 0 saturated carbocycles. The van der Waals surface area contributed by atoms with Gasteiger partial charge in [-0.25, -0.2) is 14.4 Å². The molecule has 0 unspecified atom stereocenters. The number of hydrogen-bond donors (Lipinski definition) is 0. The van der Waals surface area contributed by atoms with E-state index in [1.165, 1.54) is 17.2 Å². The summed E-state index contributed by atoms with van der Waals surface area (Å²) in [5.41, 5.74) is 0.851. The fraction of sp³-hybridized carbons (Fsp3) is 0.105. The normalized spacial score (nSPS) is 10.5. The van der Waals surface area contributed by atoms with Crippen LogP contribution in [0.15, 0.2) is 72.4 Å². The van der Waals surface area contributed by atoms with Gasteiger partial charge < -0.3 is 4.90 Å². The van der Waals surface area contributed by atoms with Gasteiger partial charge in [0.1, 0.15) is 18.0 Å². The number of nitrogens with zero attached hydrogens (tertiary/aromatic N) is 4. The van der Waals surface area contributed by atoms with E-state index in [-0.39, 0.29) is 18.3 Å². The van der Waals surface area contributed by atoms with Crippen molar-refractivity contribution in [2.75, 3.05) is 6.54 Å². The average molecular weight is 415 g/mol. The van der Waals surface area contributed by atoms with E-state index in [9.17, 15) is 9.18 Å². The van der Waals surface area contributed by atoms with Gasteiger partial charge >= 0.3 is 0 Å². The molecule has 0 aliphatic rings. The fourth-order valence-electron chi connectivity index (χ4n) is 2.49. The Morgan fingerprint density at radius 3 is 2.85 bits per heavy atom. The fourth-order valence-corrected chi connectivity index (χ4v) is 2.90. The highest BCUT2D eigenvalue weighted by atomic mass is 79.9. The van der Waals surface area contributed by atoms with Crippen molar-refractivity contribution in [2.24, 2.45) is 0 Å². The predicted molar refractivity (Wildman–Crippen MR) is 100 cm³/mol. The maximum absolute atomic E-state index is 14.0. The molecule has 132 valence electrons. The molecule has 0 bridgehead atoms. The van der Waals surface area contributed by atoms with E-state index >= 15 is 0 Å². The largest absolute Gasteiger partial charge is 0.330 e. The molecule has 1 aromatic carbocycles. The van der Waals surface area contributed by atoms with Crippen LogP contribution < -0.4 is 0 Å². The second-order valence-corrected chi connectivity index (χ2v) is 6.50. The molecule has 0 N–H and O–H groups in total. The third-order valence-corrected chi connectivity index (χ3v) is 4.26. The van der Waals surface area contributed by atoms with E-state index in [1.807, 2.05) is 0 Å². The molecule has 0 saturated heterocycles. The molecular formula is C19H16BrFN4O. The van der Waals surface area contributed by atoms with Gasteiger partial charge in [0, 0.05) is 41.7 Å². The highest BCUT2D eigenvalue weighted by Crippen LogP contribution is 2.18. The molecule has 0 aliphatic carbocycles. The van der Waals surface area contributed by atoms with Crippen LogP contribution in [-0.2, 0) is 6.54 Å². The maximum atomic E-state index is 14.0. The lowest BCUT2D eigenvalue weighted by molar-refractivity contribution is 0.0761. The minimum Gasteiger partial charge on any atom is -0.330 e. The molecule has 0 atom stereocenters. The van der Waals surface area contributed by atoms with E-state index in [0.29, 0.717) is 23.5 Å². The zero-order valence-electron chi connectivity index (χ0n) is 13.8. The Hall–Kier alpha value is -2.80. The van der Waals surface area contributed by atoms with Gasteiger partial charge in [0.2, 0.25) is 0 Å². The number of aromatic nitrogens is 3. The molecule has 3 aromatic rings. The number of hydrogen-bond acceptors (Lipinski definition) is 3. The van der Waals surface area contributed by atoms with Crippen LogP contribution in [0, 0.1) is 5.82 Å². The van der Waals surface area contributed by atoms with Gasteiger partial charge in [-0.2, -0.15) is 0 Å². The highest BCUT2D eigenvalue weighted by Gasteiger charge is 2.17. The van der Waals surface area contributed by atoms with Gasteiger partial charge in [-0.15, -0.1) is 6.58 Å². The summed E-state index contributed by atoms with van der Waals surface area (Å²) < 4.78 is 16.5. The smallest absolute Gasteiger partial charge is 0.256 e. The second-order valence-electron chi connectivity index (χ2n) is 5.59. The molecule has 0 spiro atoms. The van der Waals surface area contributed by atoms with Crippen LogP contribution in [0.3, 0.4) is 0 Å². The number of carbonyl (C=O) groups is 1. The first-order chi connectivity index (χ1) is 12.6. The Morgan fingerprint density at radius 1 is 1.35 bits per heavy atom. The summed E-state index contributed by atoms with van der Waals surface area (Å²) in [6, 6.07) is 8.09. The van der Waals surface area contributed by atoms with Crippen LogP contribution in [0.1, 0.15) is 15.9 Å². The molecule has 26 heavy (non-hydrogen) atoms. The number of carbonyl (C=O) groups excluding carboxylic acids is 1. The Balaban J connectivity index is 1.82. The average Bonchev–Trinajstić information content (AvgIpc) is 3.18. The maximum Gasteiger partial charge on any atom is 0.256 e. The number of imidazole rings is 1. The lowest BCUT2D eigenvalue weighted by Gasteiger charge is -2.21. The van der Waals surface area contributed by atoms with Gasteiger partial charge in [0.15, 0.2) is 0 Å². The minimum absolute atomic E-state index is 0.138. The van der Waals surface area contributed by atoms with Crippen molar-refractivity contribution >= 4 is 21.8 Å². The molecule has 3 rings (SSSR count). The molecule has 0 fully saturated rings. The van der Waals surface area contributed by atoms with Gasteiger partial charge in [-0.05, 0) is 30.3 Å². The molecule has 2 heterocycles. The highest BCUT2D eigenvalue weighted by molar-refractivity contribution is 9.10. The predicted octanol–water partition coefficient (Wildman–Crippen LogP) is 4.00. The Labute approximate surface area is 158 Å². The summed E-state index contributed by atoms with van der Waals surface area (Å²) in [7, 11) is 0. The Kier molecular flexibility index (Phi) is 5.58. The summed E-state index contributed by atoms with van der Waals surface area (Å²) in [6.07, 6.45) is 8.17. The number of amides is 1. The second kappa shape index (κ2) is 8.05. The van der Waals surface area contributed by atoms with Crippen LogP contribution in [-0.4, -0.2) is 31.9 Å². The van der Waals surface area contributed by atoms with E-state index in [1.54, 1.807) is 53.6 Å². The third-order valence-electron chi connectivity index (χ3n) is 3.77. The number of benzene rings is 1.